The van der Waals surface area contributed by atoms with Crippen molar-refractivity contribution in [2.75, 3.05) is 0 Å². The van der Waals surface area contributed by atoms with Crippen molar-refractivity contribution in [2.45, 2.75) is 0 Å². The average molecular weight is 205 g/mol. The molecule has 0 spiro atoms. The van der Waals surface area contributed by atoms with Crippen LogP contribution in [0.5, 0.6) is 0 Å². The number of aromatic carboxylic acids is 1. The minimum Gasteiger partial charge on any atom is -0.476 e. The first kappa shape index (κ1) is 8.59. The van der Waals surface area contributed by atoms with Crippen LogP contribution in [0.1, 0.15) is 15.4 Å². The minimum absolute atomic E-state index is 0.0115. The average Bonchev–Trinajstić information content (AvgIpc) is 2.59. The van der Waals surface area contributed by atoms with Crippen LogP contribution in [0.25, 0.3) is 10.3 Å². The molecule has 0 radical (unpaired) electrons. The van der Waals surface area contributed by atoms with Crippen LogP contribution in [0.2, 0.25) is 0 Å². The summed E-state index contributed by atoms with van der Waals surface area (Å²) in [6.45, 7) is 0. The molecular weight excluding hydrogens is 202 g/mol. The lowest BCUT2D eigenvalue weighted by molar-refractivity contribution is 0.0696. The van der Waals surface area contributed by atoms with Gasteiger partial charge in [0.25, 0.3) is 0 Å². The van der Waals surface area contributed by atoms with E-state index in [1.807, 2.05) is 6.07 Å². The van der Waals surface area contributed by atoms with Crippen molar-refractivity contribution in [3.05, 3.63) is 22.8 Å². The lowest BCUT2D eigenvalue weighted by atomic mass is 10.3. The van der Waals surface area contributed by atoms with Crippen molar-refractivity contribution in [3.63, 3.8) is 0 Å². The molecular formula is C8H3N3O2S. The molecule has 0 aliphatic heterocycles. The molecule has 14 heavy (non-hydrogen) atoms. The zero-order chi connectivity index (χ0) is 10.1. The third-order valence-electron chi connectivity index (χ3n) is 1.56. The molecule has 0 atom stereocenters. The second-order valence-corrected chi connectivity index (χ2v) is 3.46. The van der Waals surface area contributed by atoms with Gasteiger partial charge in [0.2, 0.25) is 5.01 Å². The zero-order valence-corrected chi connectivity index (χ0v) is 7.58. The predicted octanol–water partition coefficient (Wildman–Crippen LogP) is 1.26. The standard InChI is InChI=1S/C8H3N3O2S/c9-2-4-1-5-6(10-3-4)14-7(11-5)8(12)13/h1,3H,(H,12,13). The van der Waals surface area contributed by atoms with Crippen molar-refractivity contribution in [2.24, 2.45) is 0 Å². The van der Waals surface area contributed by atoms with Crippen LogP contribution in [-0.2, 0) is 0 Å². The van der Waals surface area contributed by atoms with Crippen LogP contribution in [-0.4, -0.2) is 21.0 Å². The van der Waals surface area contributed by atoms with Gasteiger partial charge >= 0.3 is 5.97 Å². The topological polar surface area (TPSA) is 86.9 Å². The summed E-state index contributed by atoms with van der Waals surface area (Å²) in [6.07, 6.45) is 1.39. The SMILES string of the molecule is N#Cc1cnc2sc(C(=O)O)nc2c1. The van der Waals surface area contributed by atoms with Crippen LogP contribution in [0.15, 0.2) is 12.3 Å². The van der Waals surface area contributed by atoms with Crippen molar-refractivity contribution in [3.8, 4) is 6.07 Å². The molecule has 0 unspecified atom stereocenters. The highest BCUT2D eigenvalue weighted by molar-refractivity contribution is 7.19. The van der Waals surface area contributed by atoms with Crippen molar-refractivity contribution >= 4 is 27.7 Å². The molecule has 0 saturated carbocycles. The minimum atomic E-state index is -1.08. The number of rotatable bonds is 1. The highest BCUT2D eigenvalue weighted by Crippen LogP contribution is 2.20. The van der Waals surface area contributed by atoms with Crippen LogP contribution < -0.4 is 0 Å². The quantitative estimate of drug-likeness (QED) is 0.757. The summed E-state index contributed by atoms with van der Waals surface area (Å²) in [5.41, 5.74) is 0.825. The molecule has 1 N–H and O–H groups in total. The normalized spacial score (nSPS) is 9.93. The molecule has 2 rings (SSSR count). The van der Waals surface area contributed by atoms with E-state index in [-0.39, 0.29) is 5.01 Å². The van der Waals surface area contributed by atoms with E-state index in [4.69, 9.17) is 10.4 Å². The third-order valence-corrected chi connectivity index (χ3v) is 2.53. The van der Waals surface area contributed by atoms with Gasteiger partial charge < -0.3 is 5.11 Å². The molecule has 2 heterocycles. The first-order valence-electron chi connectivity index (χ1n) is 3.60. The molecule has 0 amide bonds. The van der Waals surface area contributed by atoms with Crippen LogP contribution >= 0.6 is 11.3 Å². The molecule has 6 heteroatoms. The van der Waals surface area contributed by atoms with Crippen molar-refractivity contribution in [1.29, 1.82) is 5.26 Å². The Morgan fingerprint density at radius 3 is 3.07 bits per heavy atom. The summed E-state index contributed by atoms with van der Waals surface area (Å²) in [4.78, 5) is 18.9. The lowest BCUT2D eigenvalue weighted by Gasteiger charge is -1.85. The fraction of sp³-hybridized carbons (Fsp3) is 0. The van der Waals surface area contributed by atoms with Gasteiger partial charge in [-0.05, 0) is 6.07 Å². The number of nitrogens with zero attached hydrogens (tertiary/aromatic N) is 3. The van der Waals surface area contributed by atoms with Gasteiger partial charge in [0.05, 0.1) is 5.56 Å². The highest BCUT2D eigenvalue weighted by Gasteiger charge is 2.11. The number of hydrogen-bond donors (Lipinski definition) is 1. The van der Waals surface area contributed by atoms with Crippen LogP contribution in [0, 0.1) is 11.3 Å². The summed E-state index contributed by atoms with van der Waals surface area (Å²) < 4.78 is 0. The van der Waals surface area contributed by atoms with Gasteiger partial charge in [0.15, 0.2) is 0 Å². The molecule has 0 aliphatic carbocycles. The van der Waals surface area contributed by atoms with Gasteiger partial charge in [-0.15, -0.1) is 0 Å². The molecule has 0 aliphatic rings. The monoisotopic (exact) mass is 205 g/mol. The Morgan fingerprint density at radius 2 is 2.43 bits per heavy atom. The first-order valence-corrected chi connectivity index (χ1v) is 4.42. The Labute approximate surface area is 82.3 Å². The molecule has 5 nitrogen and oxygen atoms in total. The van der Waals surface area contributed by atoms with E-state index in [2.05, 4.69) is 9.97 Å². The number of carbonyl (C=O) groups is 1. The van der Waals surface area contributed by atoms with Crippen LogP contribution in [0.3, 0.4) is 0 Å². The second-order valence-electron chi connectivity index (χ2n) is 2.48. The first-order chi connectivity index (χ1) is 6.70. The van der Waals surface area contributed by atoms with Gasteiger partial charge in [0, 0.05) is 6.20 Å². The maximum absolute atomic E-state index is 10.6. The number of hydrogen-bond acceptors (Lipinski definition) is 5. The number of carboxylic acids is 1. The highest BCUT2D eigenvalue weighted by atomic mass is 32.1. The molecule has 2 aromatic heterocycles. The third kappa shape index (κ3) is 1.30. The zero-order valence-electron chi connectivity index (χ0n) is 6.76. The smallest absolute Gasteiger partial charge is 0.365 e. The number of aromatic nitrogens is 2. The van der Waals surface area contributed by atoms with Gasteiger partial charge in [0.1, 0.15) is 16.4 Å². The van der Waals surface area contributed by atoms with Crippen LogP contribution in [0.4, 0.5) is 0 Å². The van der Waals surface area contributed by atoms with E-state index < -0.39 is 5.97 Å². The van der Waals surface area contributed by atoms with E-state index in [0.29, 0.717) is 15.9 Å². The Bertz CT molecular complexity index is 555. The van der Waals surface area contributed by atoms with E-state index in [1.165, 1.54) is 12.3 Å². The molecule has 0 fully saturated rings. The summed E-state index contributed by atoms with van der Waals surface area (Å²) >= 11 is 0.993. The van der Waals surface area contributed by atoms with Crippen molar-refractivity contribution < 1.29 is 9.90 Å². The Morgan fingerprint density at radius 1 is 1.64 bits per heavy atom. The molecule has 0 saturated heterocycles. The summed E-state index contributed by atoms with van der Waals surface area (Å²) in [5, 5.41) is 17.2. The molecule has 2 aromatic rings. The van der Waals surface area contributed by atoms with E-state index in [1.54, 1.807) is 0 Å². The summed E-state index contributed by atoms with van der Waals surface area (Å²) in [7, 11) is 0. The Kier molecular flexibility index (Phi) is 1.87. The van der Waals surface area contributed by atoms with Gasteiger partial charge in [-0.2, -0.15) is 5.26 Å². The summed E-state index contributed by atoms with van der Waals surface area (Å²) in [5.74, 6) is -1.08. The second kappa shape index (κ2) is 3.05. The van der Waals surface area contributed by atoms with E-state index in [9.17, 15) is 4.79 Å². The fourth-order valence-corrected chi connectivity index (χ4v) is 1.70. The maximum Gasteiger partial charge on any atom is 0.365 e. The largest absolute Gasteiger partial charge is 0.476 e. The lowest BCUT2D eigenvalue weighted by Crippen LogP contribution is -1.93. The number of nitriles is 1. The van der Waals surface area contributed by atoms with Gasteiger partial charge in [-0.3, -0.25) is 0 Å². The Hall–Kier alpha value is -2.00. The molecule has 0 aromatic carbocycles. The van der Waals surface area contributed by atoms with Crippen molar-refractivity contribution in [1.82, 2.24) is 9.97 Å². The molecule has 0 bridgehead atoms. The Balaban J connectivity index is 2.67. The van der Waals surface area contributed by atoms with E-state index >= 15 is 0 Å². The predicted molar refractivity (Wildman–Crippen MR) is 49.1 cm³/mol. The number of fused-ring (bicyclic) bond motifs is 1. The number of pyridine rings is 1. The van der Waals surface area contributed by atoms with E-state index in [0.717, 1.165) is 11.3 Å². The number of thiazole rings is 1. The van der Waals surface area contributed by atoms with Gasteiger partial charge in [-0.25, -0.2) is 14.8 Å². The molecule has 68 valence electrons. The summed E-state index contributed by atoms with van der Waals surface area (Å²) in [6, 6.07) is 3.43. The maximum atomic E-state index is 10.6. The number of carboxylic acid groups (broad SMARTS) is 1. The van der Waals surface area contributed by atoms with Gasteiger partial charge in [-0.1, -0.05) is 11.3 Å². The fourth-order valence-electron chi connectivity index (χ4n) is 0.976.